The molecule has 1 saturated carbocycles. The maximum absolute atomic E-state index is 5.50. The van der Waals surface area contributed by atoms with Crippen LogP contribution in [0.2, 0.25) is 0 Å². The smallest absolute Gasteiger partial charge is 0.179 e. The van der Waals surface area contributed by atoms with E-state index in [1.807, 2.05) is 13.0 Å². The lowest BCUT2D eigenvalue weighted by atomic mass is 9.87. The van der Waals surface area contributed by atoms with Gasteiger partial charge in [0, 0.05) is 11.7 Å². The van der Waals surface area contributed by atoms with Gasteiger partial charge in [-0.1, -0.05) is 20.3 Å². The number of nitrogens with zero attached hydrogens (tertiary/aromatic N) is 2. The number of fused-ring (bicyclic) bond motifs is 1. The number of rotatable bonds is 1. The van der Waals surface area contributed by atoms with Gasteiger partial charge in [-0.2, -0.15) is 0 Å². The van der Waals surface area contributed by atoms with E-state index >= 15 is 0 Å². The van der Waals surface area contributed by atoms with Crippen molar-refractivity contribution in [2.24, 2.45) is 5.41 Å². The van der Waals surface area contributed by atoms with Crippen LogP contribution >= 0.6 is 12.2 Å². The lowest BCUT2D eigenvalue weighted by Crippen LogP contribution is -2.22. The molecular formula is C14H19N3S. The molecule has 0 saturated heterocycles. The molecule has 1 unspecified atom stereocenters. The third-order valence-electron chi connectivity index (χ3n) is 4.22. The average molecular weight is 261 g/mol. The lowest BCUT2D eigenvalue weighted by Gasteiger charge is -2.28. The molecule has 1 aliphatic rings. The molecule has 1 aliphatic carbocycles. The van der Waals surface area contributed by atoms with E-state index < -0.39 is 0 Å². The molecule has 1 N–H and O–H groups in total. The molecule has 2 aromatic rings. The van der Waals surface area contributed by atoms with Crippen molar-refractivity contribution in [1.82, 2.24) is 14.5 Å². The fourth-order valence-corrected chi connectivity index (χ4v) is 3.50. The van der Waals surface area contributed by atoms with Crippen LogP contribution in [-0.2, 0) is 0 Å². The molecule has 1 atom stereocenters. The van der Waals surface area contributed by atoms with E-state index in [1.165, 1.54) is 19.3 Å². The number of aromatic nitrogens is 3. The van der Waals surface area contributed by atoms with Gasteiger partial charge in [-0.05, 0) is 49.5 Å². The predicted molar refractivity (Wildman–Crippen MR) is 76.3 cm³/mol. The maximum atomic E-state index is 5.50. The fourth-order valence-electron chi connectivity index (χ4n) is 3.17. The summed E-state index contributed by atoms with van der Waals surface area (Å²) in [5.41, 5.74) is 3.41. The summed E-state index contributed by atoms with van der Waals surface area (Å²) < 4.78 is 3.05. The molecule has 3 nitrogen and oxygen atoms in total. The highest BCUT2D eigenvalue weighted by Crippen LogP contribution is 2.46. The van der Waals surface area contributed by atoms with E-state index in [1.54, 1.807) is 0 Å². The van der Waals surface area contributed by atoms with Crippen molar-refractivity contribution < 1.29 is 0 Å². The third-order valence-corrected chi connectivity index (χ3v) is 4.51. The number of imidazole rings is 1. The van der Waals surface area contributed by atoms with Crippen LogP contribution in [-0.4, -0.2) is 14.5 Å². The molecule has 96 valence electrons. The zero-order valence-corrected chi connectivity index (χ0v) is 12.0. The first-order chi connectivity index (χ1) is 8.49. The van der Waals surface area contributed by atoms with Crippen molar-refractivity contribution in [2.75, 3.05) is 0 Å². The van der Waals surface area contributed by atoms with E-state index in [9.17, 15) is 0 Å². The largest absolute Gasteiger partial charge is 0.329 e. The maximum Gasteiger partial charge on any atom is 0.179 e. The van der Waals surface area contributed by atoms with Gasteiger partial charge in [0.15, 0.2) is 10.4 Å². The van der Waals surface area contributed by atoms with Crippen molar-refractivity contribution in [3.8, 4) is 0 Å². The van der Waals surface area contributed by atoms with Crippen molar-refractivity contribution in [1.29, 1.82) is 0 Å². The lowest BCUT2D eigenvalue weighted by molar-refractivity contribution is 0.263. The van der Waals surface area contributed by atoms with E-state index in [2.05, 4.69) is 34.4 Å². The van der Waals surface area contributed by atoms with E-state index in [4.69, 9.17) is 12.2 Å². The highest BCUT2D eigenvalue weighted by Gasteiger charge is 2.37. The molecular weight excluding hydrogens is 242 g/mol. The van der Waals surface area contributed by atoms with Crippen molar-refractivity contribution in [3.05, 3.63) is 22.6 Å². The van der Waals surface area contributed by atoms with Crippen LogP contribution in [0, 0.1) is 17.1 Å². The van der Waals surface area contributed by atoms with Crippen LogP contribution in [0.4, 0.5) is 0 Å². The van der Waals surface area contributed by atoms with Gasteiger partial charge >= 0.3 is 0 Å². The topological polar surface area (TPSA) is 33.6 Å². The number of pyridine rings is 1. The second-order valence-electron chi connectivity index (χ2n) is 6.02. The summed E-state index contributed by atoms with van der Waals surface area (Å²) in [4.78, 5) is 7.96. The average Bonchev–Trinajstić information content (AvgIpc) is 2.77. The summed E-state index contributed by atoms with van der Waals surface area (Å²) in [6.07, 6.45) is 3.74. The number of hydrogen-bond donors (Lipinski definition) is 1. The number of H-pyrrole nitrogens is 1. The van der Waals surface area contributed by atoms with E-state index in [0.717, 1.165) is 21.6 Å². The Hall–Kier alpha value is -1.16. The summed E-state index contributed by atoms with van der Waals surface area (Å²) >= 11 is 5.50. The Morgan fingerprint density at radius 1 is 1.44 bits per heavy atom. The monoisotopic (exact) mass is 261 g/mol. The quantitative estimate of drug-likeness (QED) is 0.782. The molecule has 0 amide bonds. The fraction of sp³-hybridized carbons (Fsp3) is 0.571. The minimum atomic E-state index is 0.304. The van der Waals surface area contributed by atoms with Crippen LogP contribution in [0.15, 0.2) is 12.1 Å². The van der Waals surface area contributed by atoms with Crippen LogP contribution in [0.1, 0.15) is 44.8 Å². The number of aromatic amines is 1. The summed E-state index contributed by atoms with van der Waals surface area (Å²) in [5, 5.41) is 0. The van der Waals surface area contributed by atoms with Crippen molar-refractivity contribution in [3.63, 3.8) is 0 Å². The van der Waals surface area contributed by atoms with Crippen LogP contribution in [0.25, 0.3) is 11.2 Å². The van der Waals surface area contributed by atoms with Gasteiger partial charge in [0.2, 0.25) is 0 Å². The zero-order valence-electron chi connectivity index (χ0n) is 11.2. The van der Waals surface area contributed by atoms with E-state index in [-0.39, 0.29) is 0 Å². The molecule has 0 aliphatic heterocycles. The highest BCUT2D eigenvalue weighted by atomic mass is 32.1. The molecule has 0 bridgehead atoms. The minimum absolute atomic E-state index is 0.304. The molecule has 2 heterocycles. The molecule has 0 radical (unpaired) electrons. The molecule has 0 spiro atoms. The SMILES string of the molecule is Cc1ccc2[nH]c(=S)n(C3CCCC3(C)C)c2n1. The Balaban J connectivity index is 2.25. The van der Waals surface area contributed by atoms with Crippen LogP contribution < -0.4 is 0 Å². The predicted octanol–water partition coefficient (Wildman–Crippen LogP) is 4.15. The molecule has 0 aromatic carbocycles. The van der Waals surface area contributed by atoms with Gasteiger partial charge in [0.1, 0.15) is 0 Å². The first-order valence-corrected chi connectivity index (χ1v) is 6.98. The Morgan fingerprint density at radius 3 is 2.89 bits per heavy atom. The van der Waals surface area contributed by atoms with Crippen molar-refractivity contribution in [2.45, 2.75) is 46.1 Å². The summed E-state index contributed by atoms with van der Waals surface area (Å²) in [5.74, 6) is 0. The first kappa shape index (κ1) is 11.9. The number of nitrogens with one attached hydrogen (secondary N) is 1. The second kappa shape index (κ2) is 3.92. The first-order valence-electron chi connectivity index (χ1n) is 6.57. The zero-order chi connectivity index (χ0) is 12.9. The van der Waals surface area contributed by atoms with Crippen molar-refractivity contribution >= 4 is 23.4 Å². The van der Waals surface area contributed by atoms with Crippen LogP contribution in [0.3, 0.4) is 0 Å². The van der Waals surface area contributed by atoms with Gasteiger partial charge < -0.3 is 4.98 Å². The standard InChI is InChI=1S/C14H19N3S/c1-9-6-7-10-12(15-9)17(13(18)16-10)11-5-4-8-14(11,2)3/h6-7,11H,4-5,8H2,1-3H3,(H,16,18). The summed E-state index contributed by atoms with van der Waals surface area (Å²) in [7, 11) is 0. The van der Waals surface area contributed by atoms with E-state index in [0.29, 0.717) is 11.5 Å². The Bertz CT molecular complexity index is 651. The molecule has 4 heteroatoms. The third kappa shape index (κ3) is 1.70. The van der Waals surface area contributed by atoms with Crippen LogP contribution in [0.5, 0.6) is 0 Å². The second-order valence-corrected chi connectivity index (χ2v) is 6.41. The Kier molecular flexibility index (Phi) is 2.59. The van der Waals surface area contributed by atoms with Gasteiger partial charge in [0.25, 0.3) is 0 Å². The summed E-state index contributed by atoms with van der Waals surface area (Å²) in [6.45, 7) is 6.70. The highest BCUT2D eigenvalue weighted by molar-refractivity contribution is 7.71. The molecule has 18 heavy (non-hydrogen) atoms. The molecule has 2 aromatic heterocycles. The van der Waals surface area contributed by atoms with Gasteiger partial charge in [-0.15, -0.1) is 0 Å². The van der Waals surface area contributed by atoms with Gasteiger partial charge in [-0.3, -0.25) is 4.57 Å². The summed E-state index contributed by atoms with van der Waals surface area (Å²) in [6, 6.07) is 4.57. The van der Waals surface area contributed by atoms with Gasteiger partial charge in [-0.25, -0.2) is 4.98 Å². The number of hydrogen-bond acceptors (Lipinski definition) is 2. The molecule has 3 rings (SSSR count). The Morgan fingerprint density at radius 2 is 2.22 bits per heavy atom. The normalized spacial score (nSPS) is 22.7. The molecule has 1 fully saturated rings. The number of aryl methyl sites for hydroxylation is 1. The van der Waals surface area contributed by atoms with Gasteiger partial charge in [0.05, 0.1) is 5.52 Å². The minimum Gasteiger partial charge on any atom is -0.329 e. The Labute approximate surface area is 112 Å².